The van der Waals surface area contributed by atoms with Crippen molar-refractivity contribution in [2.45, 2.75) is 32.0 Å². The minimum Gasteiger partial charge on any atom is -0.465 e. The second-order valence-electron chi connectivity index (χ2n) is 5.63. The Morgan fingerprint density at radius 3 is 2.79 bits per heavy atom. The lowest BCUT2D eigenvalue weighted by Crippen LogP contribution is -2.24. The zero-order chi connectivity index (χ0) is 16.8. The summed E-state index contributed by atoms with van der Waals surface area (Å²) in [5, 5.41) is 12.8. The van der Waals surface area contributed by atoms with E-state index in [1.54, 1.807) is 6.20 Å². The fraction of sp³-hybridized carbons (Fsp3) is 0.333. The minimum absolute atomic E-state index is 0.165. The van der Waals surface area contributed by atoms with Crippen LogP contribution < -0.4 is 4.74 Å². The molecule has 1 aromatic heterocycles. The Labute approximate surface area is 149 Å². The highest BCUT2D eigenvalue weighted by Crippen LogP contribution is 2.20. The van der Waals surface area contributed by atoms with Gasteiger partial charge in [-0.25, -0.2) is 0 Å². The highest BCUT2D eigenvalue weighted by atomic mass is 79.9. The molecule has 0 radical (unpaired) electrons. The Hall–Kier alpha value is -1.92. The summed E-state index contributed by atoms with van der Waals surface area (Å²) in [4.78, 5) is 4.28. The SMILES string of the molecule is ON=C(Cc1cc(Br)ccn1)c1ccc(OC2CCCCO2)cc1. The Morgan fingerprint density at radius 2 is 2.12 bits per heavy atom. The first-order valence-corrected chi connectivity index (χ1v) is 8.74. The number of hydrogen-bond acceptors (Lipinski definition) is 5. The van der Waals surface area contributed by atoms with Crippen LogP contribution in [0.2, 0.25) is 0 Å². The smallest absolute Gasteiger partial charge is 0.199 e. The summed E-state index contributed by atoms with van der Waals surface area (Å²) >= 11 is 3.42. The molecule has 1 atom stereocenters. The second kappa shape index (κ2) is 8.26. The van der Waals surface area contributed by atoms with E-state index in [0.29, 0.717) is 12.1 Å². The molecule has 1 aliphatic rings. The lowest BCUT2D eigenvalue weighted by atomic mass is 10.1. The molecule has 6 heteroatoms. The van der Waals surface area contributed by atoms with E-state index in [2.05, 4.69) is 26.1 Å². The summed E-state index contributed by atoms with van der Waals surface area (Å²) in [6.07, 6.45) is 5.14. The minimum atomic E-state index is -0.165. The first kappa shape index (κ1) is 16.9. The molecule has 0 bridgehead atoms. The molecule has 3 rings (SSSR count). The van der Waals surface area contributed by atoms with Crippen molar-refractivity contribution in [3.8, 4) is 5.75 Å². The number of oxime groups is 1. The molecule has 0 amide bonds. The van der Waals surface area contributed by atoms with E-state index < -0.39 is 0 Å². The van der Waals surface area contributed by atoms with E-state index in [9.17, 15) is 5.21 Å². The molecular weight excluding hydrogens is 372 g/mol. The average Bonchev–Trinajstić information content (AvgIpc) is 2.61. The molecule has 5 nitrogen and oxygen atoms in total. The van der Waals surface area contributed by atoms with Crippen LogP contribution in [0.15, 0.2) is 52.2 Å². The molecule has 1 unspecified atom stereocenters. The van der Waals surface area contributed by atoms with Crippen molar-refractivity contribution in [1.29, 1.82) is 0 Å². The van der Waals surface area contributed by atoms with Crippen LogP contribution in [0, 0.1) is 0 Å². The number of benzene rings is 1. The molecule has 0 saturated carbocycles. The average molecular weight is 391 g/mol. The van der Waals surface area contributed by atoms with Crippen molar-refractivity contribution in [3.63, 3.8) is 0 Å². The Balaban J connectivity index is 1.66. The largest absolute Gasteiger partial charge is 0.465 e. The van der Waals surface area contributed by atoms with E-state index >= 15 is 0 Å². The quantitative estimate of drug-likeness (QED) is 0.472. The van der Waals surface area contributed by atoms with E-state index in [4.69, 9.17) is 9.47 Å². The maximum Gasteiger partial charge on any atom is 0.199 e. The first-order chi connectivity index (χ1) is 11.7. The third kappa shape index (κ3) is 4.55. The Bertz CT molecular complexity index is 698. The molecular formula is C18H19BrN2O3. The zero-order valence-electron chi connectivity index (χ0n) is 13.2. The fourth-order valence-electron chi connectivity index (χ4n) is 2.59. The van der Waals surface area contributed by atoms with Crippen molar-refractivity contribution in [1.82, 2.24) is 4.98 Å². The Kier molecular flexibility index (Phi) is 5.82. The van der Waals surface area contributed by atoms with Crippen molar-refractivity contribution in [3.05, 3.63) is 58.3 Å². The van der Waals surface area contributed by atoms with Gasteiger partial charge in [0.2, 0.25) is 0 Å². The number of halogens is 1. The molecule has 1 N–H and O–H groups in total. The van der Waals surface area contributed by atoms with Gasteiger partial charge in [0.1, 0.15) is 5.75 Å². The van der Waals surface area contributed by atoms with Gasteiger partial charge in [0.25, 0.3) is 0 Å². The molecule has 2 aromatic rings. The second-order valence-corrected chi connectivity index (χ2v) is 6.54. The van der Waals surface area contributed by atoms with Gasteiger partial charge in [-0.05, 0) is 54.8 Å². The van der Waals surface area contributed by atoms with Crippen molar-refractivity contribution in [2.75, 3.05) is 6.61 Å². The molecule has 24 heavy (non-hydrogen) atoms. The molecule has 1 aliphatic heterocycles. The van der Waals surface area contributed by atoms with Crippen LogP contribution in [0.25, 0.3) is 0 Å². The van der Waals surface area contributed by atoms with Gasteiger partial charge in [0, 0.05) is 29.2 Å². The van der Waals surface area contributed by atoms with E-state index in [1.807, 2.05) is 36.4 Å². The maximum absolute atomic E-state index is 9.34. The monoisotopic (exact) mass is 390 g/mol. The summed E-state index contributed by atoms with van der Waals surface area (Å²) in [6.45, 7) is 0.754. The van der Waals surface area contributed by atoms with Crippen LogP contribution in [0.4, 0.5) is 0 Å². The normalized spacial score (nSPS) is 18.4. The molecule has 0 spiro atoms. The van der Waals surface area contributed by atoms with Crippen LogP contribution in [0.3, 0.4) is 0 Å². The number of aromatic nitrogens is 1. The summed E-state index contributed by atoms with van der Waals surface area (Å²) in [6, 6.07) is 11.3. The zero-order valence-corrected chi connectivity index (χ0v) is 14.8. The van der Waals surface area contributed by atoms with Gasteiger partial charge in [-0.2, -0.15) is 0 Å². The van der Waals surface area contributed by atoms with Gasteiger partial charge in [-0.3, -0.25) is 4.98 Å². The van der Waals surface area contributed by atoms with Crippen molar-refractivity contribution in [2.24, 2.45) is 5.16 Å². The number of pyridine rings is 1. The number of hydrogen-bond donors (Lipinski definition) is 1. The van der Waals surface area contributed by atoms with Gasteiger partial charge in [0.15, 0.2) is 6.29 Å². The third-order valence-electron chi connectivity index (χ3n) is 3.84. The Morgan fingerprint density at radius 1 is 1.29 bits per heavy atom. The highest BCUT2D eigenvalue weighted by molar-refractivity contribution is 9.10. The lowest BCUT2D eigenvalue weighted by molar-refractivity contribution is -0.105. The molecule has 0 aliphatic carbocycles. The van der Waals surface area contributed by atoms with Crippen LogP contribution in [-0.4, -0.2) is 28.8 Å². The van der Waals surface area contributed by atoms with Gasteiger partial charge in [-0.1, -0.05) is 21.1 Å². The number of nitrogens with zero attached hydrogens (tertiary/aromatic N) is 2. The fourth-order valence-corrected chi connectivity index (χ4v) is 2.98. The predicted molar refractivity (Wildman–Crippen MR) is 94.6 cm³/mol. The van der Waals surface area contributed by atoms with E-state index in [1.165, 1.54) is 0 Å². The van der Waals surface area contributed by atoms with Crippen LogP contribution in [0.1, 0.15) is 30.5 Å². The highest BCUT2D eigenvalue weighted by Gasteiger charge is 2.15. The molecule has 126 valence electrons. The van der Waals surface area contributed by atoms with Crippen molar-refractivity contribution < 1.29 is 14.7 Å². The first-order valence-electron chi connectivity index (χ1n) is 7.94. The van der Waals surface area contributed by atoms with Gasteiger partial charge >= 0.3 is 0 Å². The topological polar surface area (TPSA) is 63.9 Å². The van der Waals surface area contributed by atoms with Crippen LogP contribution >= 0.6 is 15.9 Å². The number of ether oxygens (including phenoxy) is 2. The lowest BCUT2D eigenvalue weighted by Gasteiger charge is -2.23. The molecule has 1 aromatic carbocycles. The molecule has 2 heterocycles. The van der Waals surface area contributed by atoms with Crippen LogP contribution in [-0.2, 0) is 11.2 Å². The predicted octanol–water partition coefficient (Wildman–Crippen LogP) is 4.17. The summed E-state index contributed by atoms with van der Waals surface area (Å²) < 4.78 is 12.3. The van der Waals surface area contributed by atoms with Gasteiger partial charge in [-0.15, -0.1) is 0 Å². The molecule has 1 fully saturated rings. The van der Waals surface area contributed by atoms with E-state index in [-0.39, 0.29) is 6.29 Å². The van der Waals surface area contributed by atoms with Crippen molar-refractivity contribution >= 4 is 21.6 Å². The maximum atomic E-state index is 9.34. The van der Waals surface area contributed by atoms with Crippen LogP contribution in [0.5, 0.6) is 5.75 Å². The summed E-state index contributed by atoms with van der Waals surface area (Å²) in [7, 11) is 0. The number of rotatable bonds is 5. The summed E-state index contributed by atoms with van der Waals surface area (Å²) in [5.41, 5.74) is 2.21. The third-order valence-corrected chi connectivity index (χ3v) is 4.33. The van der Waals surface area contributed by atoms with Gasteiger partial charge < -0.3 is 14.7 Å². The van der Waals surface area contributed by atoms with E-state index in [0.717, 1.165) is 47.3 Å². The molecule has 1 saturated heterocycles. The summed E-state index contributed by atoms with van der Waals surface area (Å²) in [5.74, 6) is 0.753. The van der Waals surface area contributed by atoms with Gasteiger partial charge in [0.05, 0.1) is 12.3 Å². The standard InChI is InChI=1S/C18H19BrN2O3/c19-14-8-9-20-15(11-14)12-17(21-22)13-4-6-16(7-5-13)24-18-3-1-2-10-23-18/h4-9,11,18,22H,1-3,10,12H2.